The van der Waals surface area contributed by atoms with Crippen molar-refractivity contribution >= 4 is 0 Å². The van der Waals surface area contributed by atoms with Gasteiger partial charge in [0.1, 0.15) is 171 Å². The zero-order valence-corrected chi connectivity index (χ0v) is 49.1. The van der Waals surface area contributed by atoms with Gasteiger partial charge in [0.15, 0.2) is 44.0 Å². The Morgan fingerprint density at radius 3 is 0.368 bits per heavy atom. The molecular weight excluding hydrogens is 1180 g/mol. The molecule has 14 bridgehead atoms. The Bertz CT molecular complexity index is 1530. The SMILES string of the molecule is C1CCC1.CC.CC.CC.OCC1OC2OC3C(CO)OC(OC4C(CO)OC(OC5C(CO)OC(OC6C(CO)OC(OC7C(CO)OC(OC8C(CO)OC(OC1C(O)C2O)C(O)C8O)C(O)C7O)C(O)C6O)C(O)C5O)C(O)C4O)C(O)C3O. The molecule has 35 heteroatoms. The maximum atomic E-state index is 11.3. The van der Waals surface area contributed by atoms with Gasteiger partial charge in [-0.05, 0) is 0 Å². The number of rotatable bonds is 7. The molecule has 0 aromatic rings. The van der Waals surface area contributed by atoms with Crippen LogP contribution in [-0.4, -0.2) is 368 Å². The predicted octanol–water partition coefficient (Wildman–Crippen LogP) is -10.6. The maximum Gasteiger partial charge on any atom is 0.187 e. The Hall–Kier alpha value is -1.40. The fraction of sp³-hybridized carbons (Fsp3) is 1.00. The number of hydrogen-bond donors (Lipinski definition) is 21. The Morgan fingerprint density at radius 2 is 0.287 bits per heavy atom. The quantitative estimate of drug-likeness (QED) is 0.113. The van der Waals surface area contributed by atoms with Crippen molar-refractivity contribution in [1.29, 1.82) is 0 Å². The highest BCUT2D eigenvalue weighted by atomic mass is 16.8. The lowest BCUT2D eigenvalue weighted by Gasteiger charge is -2.50. The number of hydrogen-bond acceptors (Lipinski definition) is 35. The molecular formula is C52H96O35. The van der Waals surface area contributed by atoms with E-state index in [0.29, 0.717) is 0 Å². The van der Waals surface area contributed by atoms with E-state index in [4.69, 9.17) is 66.3 Å². The van der Waals surface area contributed by atoms with Crippen molar-refractivity contribution in [2.24, 2.45) is 0 Å². The van der Waals surface area contributed by atoms with E-state index in [-0.39, 0.29) is 0 Å². The minimum atomic E-state index is -2.21. The minimum absolute atomic E-state index is 1.05. The summed E-state index contributed by atoms with van der Waals surface area (Å²) in [6.45, 7) is 4.67. The normalized spacial score (nSPS) is 50.3. The highest BCUT2D eigenvalue weighted by Crippen LogP contribution is 2.39. The van der Waals surface area contributed by atoms with Crippen LogP contribution < -0.4 is 0 Å². The van der Waals surface area contributed by atoms with Crippen LogP contribution in [0.4, 0.5) is 0 Å². The number of aliphatic hydroxyl groups is 21. The maximum absolute atomic E-state index is 11.3. The van der Waals surface area contributed by atoms with Gasteiger partial charge in [0.05, 0.1) is 46.2 Å². The average molecular weight is 1280 g/mol. The van der Waals surface area contributed by atoms with E-state index in [9.17, 15) is 107 Å². The molecule has 0 radical (unpaired) electrons. The molecule has 21 saturated heterocycles. The molecule has 22 rings (SSSR count). The number of ether oxygens (including phenoxy) is 14. The standard InChI is InChI=1S/C42H70O35.C4H8.3C2H6/c43-1-8-29-15(50)22(57)36(64-8)72-30-9(2-44)66-38(24(59)17(30)52)74-32-11(4-46)68-40(26(61)19(32)54)76-34-13(6-48)70-42(28(63)21(34)56)77-35-14(7-49)69-41(27(62)20(35)55)75-33-12(5-47)67-39(25(60)18(33)53)73-31-10(3-45)65-37(71-29)23(58)16(31)51;1-2-4-3-1;3*1-2/h8-63H,1-7H2;1-4H2;3*1-2H3. The van der Waals surface area contributed by atoms with Crippen molar-refractivity contribution in [1.82, 2.24) is 0 Å². The van der Waals surface area contributed by atoms with Gasteiger partial charge in [-0.25, -0.2) is 0 Å². The third kappa shape index (κ3) is 16.9. The molecule has 21 N–H and O–H groups in total. The number of aliphatic hydroxyl groups excluding tert-OH is 21. The molecule has 0 spiro atoms. The largest absolute Gasteiger partial charge is 0.394 e. The zero-order valence-electron chi connectivity index (χ0n) is 49.1. The summed E-state index contributed by atoms with van der Waals surface area (Å²) >= 11 is 0. The lowest BCUT2D eigenvalue weighted by atomic mass is 9.95. The molecule has 22 fully saturated rings. The summed E-state index contributed by atoms with van der Waals surface area (Å²) in [6.07, 6.45) is -64.2. The van der Waals surface area contributed by atoms with E-state index in [1.165, 1.54) is 25.7 Å². The molecule has 21 heterocycles. The molecule has 22 aliphatic rings. The van der Waals surface area contributed by atoms with E-state index in [2.05, 4.69) is 0 Å². The van der Waals surface area contributed by atoms with Crippen LogP contribution in [0.5, 0.6) is 0 Å². The molecule has 21 aliphatic heterocycles. The van der Waals surface area contributed by atoms with Gasteiger partial charge >= 0.3 is 0 Å². The lowest BCUT2D eigenvalue weighted by molar-refractivity contribution is -0.396. The van der Waals surface area contributed by atoms with Crippen LogP contribution in [0, 0.1) is 0 Å². The predicted molar refractivity (Wildman–Crippen MR) is 281 cm³/mol. The van der Waals surface area contributed by atoms with Gasteiger partial charge in [-0.1, -0.05) is 67.2 Å². The topological polar surface area (TPSA) is 554 Å². The van der Waals surface area contributed by atoms with Gasteiger partial charge in [0.2, 0.25) is 0 Å². The third-order valence-corrected chi connectivity index (χ3v) is 15.8. The molecule has 1 aliphatic carbocycles. The first-order chi connectivity index (χ1) is 41.7. The summed E-state index contributed by atoms with van der Waals surface area (Å²) in [5, 5.41) is 230. The second kappa shape index (κ2) is 35.8. The van der Waals surface area contributed by atoms with E-state index in [1.807, 2.05) is 41.5 Å². The Labute approximate surface area is 501 Å². The third-order valence-electron chi connectivity index (χ3n) is 15.8. The second-order valence-corrected chi connectivity index (χ2v) is 21.1. The van der Waals surface area contributed by atoms with E-state index >= 15 is 0 Å². The molecule has 1 saturated carbocycles. The molecule has 0 aromatic heterocycles. The summed E-state index contributed by atoms with van der Waals surface area (Å²) in [4.78, 5) is 0. The van der Waals surface area contributed by atoms with Crippen LogP contribution in [0.15, 0.2) is 0 Å². The highest BCUT2D eigenvalue weighted by Gasteiger charge is 2.59. The minimum Gasteiger partial charge on any atom is -0.394 e. The molecule has 514 valence electrons. The van der Waals surface area contributed by atoms with Gasteiger partial charge in [-0.15, -0.1) is 0 Å². The molecule has 0 amide bonds. The molecule has 0 aromatic carbocycles. The summed E-state index contributed by atoms with van der Waals surface area (Å²) in [6, 6.07) is 0. The highest BCUT2D eigenvalue weighted by molar-refractivity contribution is 5.01. The Balaban J connectivity index is 0.00000129. The summed E-state index contributed by atoms with van der Waals surface area (Å²) in [5.74, 6) is 0. The first kappa shape index (κ1) is 76.3. The molecule has 35 atom stereocenters. The van der Waals surface area contributed by atoms with Crippen molar-refractivity contribution in [3.05, 3.63) is 0 Å². The van der Waals surface area contributed by atoms with Crippen LogP contribution in [-0.2, 0) is 66.3 Å². The summed E-state index contributed by atoms with van der Waals surface area (Å²) < 4.78 is 79.5. The van der Waals surface area contributed by atoms with E-state index in [1.54, 1.807) is 0 Å². The van der Waals surface area contributed by atoms with Gasteiger partial charge in [0.25, 0.3) is 0 Å². The molecule has 35 unspecified atom stereocenters. The lowest BCUT2D eigenvalue weighted by Crippen LogP contribution is -2.68. The Kier molecular flexibility index (Phi) is 31.4. The van der Waals surface area contributed by atoms with E-state index < -0.39 is 261 Å². The van der Waals surface area contributed by atoms with Gasteiger partial charge in [-0.2, -0.15) is 0 Å². The van der Waals surface area contributed by atoms with Crippen LogP contribution in [0.2, 0.25) is 0 Å². The van der Waals surface area contributed by atoms with Gasteiger partial charge in [0, 0.05) is 0 Å². The first-order valence-corrected chi connectivity index (χ1v) is 29.6. The average Bonchev–Trinajstić information content (AvgIpc) is 0.889. The van der Waals surface area contributed by atoms with Gasteiger partial charge < -0.3 is 174 Å². The van der Waals surface area contributed by atoms with Crippen LogP contribution in [0.1, 0.15) is 67.2 Å². The van der Waals surface area contributed by atoms with E-state index in [0.717, 1.165) is 0 Å². The van der Waals surface area contributed by atoms with Crippen LogP contribution in [0.3, 0.4) is 0 Å². The Morgan fingerprint density at radius 1 is 0.184 bits per heavy atom. The van der Waals surface area contributed by atoms with Crippen molar-refractivity contribution < 1.29 is 174 Å². The van der Waals surface area contributed by atoms with Crippen molar-refractivity contribution in [3.63, 3.8) is 0 Å². The van der Waals surface area contributed by atoms with Gasteiger partial charge in [-0.3, -0.25) is 0 Å². The fourth-order valence-electron chi connectivity index (χ4n) is 10.7. The van der Waals surface area contributed by atoms with Crippen molar-refractivity contribution in [2.45, 2.75) is 282 Å². The second-order valence-electron chi connectivity index (χ2n) is 21.1. The zero-order chi connectivity index (χ0) is 64.9. The van der Waals surface area contributed by atoms with Crippen molar-refractivity contribution in [3.8, 4) is 0 Å². The van der Waals surface area contributed by atoms with Crippen LogP contribution >= 0.6 is 0 Å². The van der Waals surface area contributed by atoms with Crippen molar-refractivity contribution in [2.75, 3.05) is 46.2 Å². The monoisotopic (exact) mass is 1280 g/mol. The van der Waals surface area contributed by atoms with Crippen LogP contribution in [0.25, 0.3) is 0 Å². The fourth-order valence-corrected chi connectivity index (χ4v) is 10.7. The summed E-state index contributed by atoms with van der Waals surface area (Å²) in [7, 11) is 0. The molecule has 35 nitrogen and oxygen atoms in total. The summed E-state index contributed by atoms with van der Waals surface area (Å²) in [5.41, 5.74) is 0. The molecule has 87 heavy (non-hydrogen) atoms. The smallest absolute Gasteiger partial charge is 0.187 e. The first-order valence-electron chi connectivity index (χ1n) is 29.6.